The first-order valence-electron chi connectivity index (χ1n) is 16.7. The van der Waals surface area contributed by atoms with Gasteiger partial charge in [0.2, 0.25) is 17.6 Å². The molecule has 0 radical (unpaired) electrons. The highest BCUT2D eigenvalue weighted by Crippen LogP contribution is 2.34. The number of ether oxygens (including phenoxy) is 1. The summed E-state index contributed by atoms with van der Waals surface area (Å²) in [5, 5.41) is 8.62. The fourth-order valence-electron chi connectivity index (χ4n) is 6.24. The predicted molar refractivity (Wildman–Crippen MR) is 172 cm³/mol. The molecule has 0 spiro atoms. The molecule has 0 aromatic rings. The first kappa shape index (κ1) is 37.1. The molecule has 5 N–H and O–H groups in total. The van der Waals surface area contributed by atoms with Crippen LogP contribution in [0.1, 0.15) is 93.9 Å². The molecule has 5 atom stereocenters. The van der Waals surface area contributed by atoms with Crippen LogP contribution in [0.5, 0.6) is 0 Å². The van der Waals surface area contributed by atoms with Gasteiger partial charge in [-0.25, -0.2) is 9.59 Å². The van der Waals surface area contributed by atoms with Crippen LogP contribution >= 0.6 is 0 Å². The van der Waals surface area contributed by atoms with Gasteiger partial charge in [-0.15, -0.1) is 0 Å². The van der Waals surface area contributed by atoms with Gasteiger partial charge in [-0.1, -0.05) is 74.7 Å². The second-order valence-electron chi connectivity index (χ2n) is 15.8. The molecule has 1 unspecified atom stereocenters. The van der Waals surface area contributed by atoms with Crippen molar-refractivity contribution >= 4 is 35.6 Å². The van der Waals surface area contributed by atoms with Crippen LogP contribution in [-0.2, 0) is 23.9 Å². The van der Waals surface area contributed by atoms with Crippen LogP contribution in [0.15, 0.2) is 0 Å². The lowest BCUT2D eigenvalue weighted by Gasteiger charge is -2.39. The molecule has 13 heteroatoms. The number of nitrogens with two attached hydrogens (primary N) is 1. The molecule has 0 bridgehead atoms. The number of rotatable bonds is 12. The van der Waals surface area contributed by atoms with Crippen molar-refractivity contribution in [2.45, 2.75) is 118 Å². The third-order valence-corrected chi connectivity index (χ3v) is 9.73. The van der Waals surface area contributed by atoms with Gasteiger partial charge in [-0.3, -0.25) is 19.2 Å². The van der Waals surface area contributed by atoms with Crippen LogP contribution in [0.3, 0.4) is 0 Å². The van der Waals surface area contributed by atoms with Gasteiger partial charge in [0.15, 0.2) is 0 Å². The van der Waals surface area contributed by atoms with E-state index in [-0.39, 0.29) is 24.3 Å². The Bertz CT molecular complexity index is 1160. The largest absolute Gasteiger partial charge is 0.449 e. The van der Waals surface area contributed by atoms with Crippen molar-refractivity contribution in [3.8, 4) is 0 Å². The number of amides is 6. The minimum atomic E-state index is -1.10. The zero-order valence-electron chi connectivity index (χ0n) is 28.9. The molecule has 3 aliphatic rings. The number of Topliss-reactive ketones (excluding diaryl/α,β-unsaturated/α-hetero) is 1. The summed E-state index contributed by atoms with van der Waals surface area (Å²) in [6.07, 6.45) is 3.87. The van der Waals surface area contributed by atoms with Gasteiger partial charge in [0.1, 0.15) is 12.1 Å². The van der Waals surface area contributed by atoms with Gasteiger partial charge in [0.05, 0.1) is 18.7 Å². The quantitative estimate of drug-likeness (QED) is 0.235. The van der Waals surface area contributed by atoms with Crippen molar-refractivity contribution in [2.75, 3.05) is 26.2 Å². The zero-order valence-corrected chi connectivity index (χ0v) is 28.9. The Balaban J connectivity index is 1.80. The van der Waals surface area contributed by atoms with E-state index in [9.17, 15) is 28.8 Å². The summed E-state index contributed by atoms with van der Waals surface area (Å²) in [5.74, 6) is -2.44. The van der Waals surface area contributed by atoms with E-state index in [1.807, 2.05) is 55.4 Å². The molecule has 2 aliphatic heterocycles. The molecule has 2 heterocycles. The fraction of sp³-hybridized carbons (Fsp3) is 0.818. The molecule has 1 saturated carbocycles. The average molecular weight is 649 g/mol. The summed E-state index contributed by atoms with van der Waals surface area (Å²) in [4.78, 5) is 81.5. The number of hydrogen-bond donors (Lipinski definition) is 4. The molecular weight excluding hydrogens is 592 g/mol. The standard InChI is InChI=1S/C33H56N6O7/c1-19(2)21-16-23(28(42)35-22(25(40)27(34)41)15-20-11-9-12-20)39(17-21)29(43)26(33(6,7)8)37-30(44)36-24(32(3,4)5)18-38-13-10-14-46-31(38)45/h19-24,26H,9-18H2,1-8H3,(H2,34,41)(H,35,42)(H2,36,37,44)/t21-,22?,23+,24-,26-/m1/s1. The lowest BCUT2D eigenvalue weighted by atomic mass is 9.80. The third-order valence-electron chi connectivity index (χ3n) is 9.73. The first-order valence-corrected chi connectivity index (χ1v) is 16.7. The van der Waals surface area contributed by atoms with Crippen molar-refractivity contribution in [1.82, 2.24) is 25.8 Å². The number of ketones is 1. The topological polar surface area (TPSA) is 180 Å². The molecule has 2 saturated heterocycles. The van der Waals surface area contributed by atoms with Crippen molar-refractivity contribution in [3.63, 3.8) is 0 Å². The Morgan fingerprint density at radius 3 is 2.11 bits per heavy atom. The number of cyclic esters (lactones) is 1. The summed E-state index contributed by atoms with van der Waals surface area (Å²) in [7, 11) is 0. The van der Waals surface area contributed by atoms with Crippen molar-refractivity contribution in [3.05, 3.63) is 0 Å². The highest BCUT2D eigenvalue weighted by atomic mass is 16.6. The van der Waals surface area contributed by atoms with Crippen LogP contribution in [0, 0.1) is 28.6 Å². The van der Waals surface area contributed by atoms with Gasteiger partial charge < -0.3 is 36.2 Å². The van der Waals surface area contributed by atoms with Crippen LogP contribution in [0.2, 0.25) is 0 Å². The Labute approximate surface area is 273 Å². The van der Waals surface area contributed by atoms with E-state index in [1.54, 1.807) is 4.90 Å². The molecule has 1 aliphatic carbocycles. The molecule has 3 rings (SSSR count). The number of likely N-dealkylation sites (tertiary alicyclic amines) is 1. The average Bonchev–Trinajstić information content (AvgIpc) is 3.38. The number of urea groups is 1. The summed E-state index contributed by atoms with van der Waals surface area (Å²) in [6, 6.07) is -3.93. The zero-order chi connectivity index (χ0) is 34.6. The minimum absolute atomic E-state index is 0.0145. The molecular formula is C33H56N6O7. The van der Waals surface area contributed by atoms with E-state index in [0.29, 0.717) is 39.0 Å². The third kappa shape index (κ3) is 9.57. The molecule has 46 heavy (non-hydrogen) atoms. The molecule has 13 nitrogen and oxygen atoms in total. The summed E-state index contributed by atoms with van der Waals surface area (Å²) < 4.78 is 5.17. The molecule has 0 aromatic carbocycles. The van der Waals surface area contributed by atoms with E-state index in [1.165, 1.54) is 4.90 Å². The minimum Gasteiger partial charge on any atom is -0.449 e. The number of primary amides is 1. The summed E-state index contributed by atoms with van der Waals surface area (Å²) in [5.41, 5.74) is 4.17. The van der Waals surface area contributed by atoms with Crippen LogP contribution in [-0.4, -0.2) is 95.8 Å². The van der Waals surface area contributed by atoms with E-state index in [4.69, 9.17) is 10.5 Å². The Morgan fingerprint density at radius 1 is 0.957 bits per heavy atom. The van der Waals surface area contributed by atoms with E-state index < -0.39 is 70.6 Å². The molecule has 6 amide bonds. The SMILES string of the molecule is CC(C)[C@@H]1C[C@@H](C(=O)NC(CC2CCC2)C(=O)C(N)=O)N(C(=O)[C@@H](NC(=O)N[C@H](CN2CCCOC2=O)C(C)(C)C)C(C)(C)C)C1. The Hall–Kier alpha value is -3.38. The fourth-order valence-corrected chi connectivity index (χ4v) is 6.24. The normalized spacial score (nSPS) is 22.8. The molecule has 3 fully saturated rings. The van der Waals surface area contributed by atoms with Gasteiger partial charge >= 0.3 is 12.1 Å². The van der Waals surface area contributed by atoms with Crippen molar-refractivity contribution < 1.29 is 33.5 Å². The van der Waals surface area contributed by atoms with Crippen LogP contribution < -0.4 is 21.7 Å². The van der Waals surface area contributed by atoms with E-state index in [0.717, 1.165) is 19.3 Å². The number of nitrogens with zero attached hydrogens (tertiary/aromatic N) is 2. The lowest BCUT2D eigenvalue weighted by Crippen LogP contribution is -2.62. The van der Waals surface area contributed by atoms with Crippen LogP contribution in [0.4, 0.5) is 9.59 Å². The van der Waals surface area contributed by atoms with Crippen LogP contribution in [0.25, 0.3) is 0 Å². The number of carbonyl (C=O) groups excluding carboxylic acids is 6. The Morgan fingerprint density at radius 2 is 1.61 bits per heavy atom. The highest BCUT2D eigenvalue weighted by molar-refractivity contribution is 6.37. The monoisotopic (exact) mass is 648 g/mol. The van der Waals surface area contributed by atoms with Gasteiger partial charge in [0.25, 0.3) is 5.91 Å². The number of nitrogens with one attached hydrogen (secondary N) is 3. The van der Waals surface area contributed by atoms with Gasteiger partial charge in [0, 0.05) is 19.6 Å². The lowest BCUT2D eigenvalue weighted by molar-refractivity contribution is -0.143. The van der Waals surface area contributed by atoms with E-state index >= 15 is 0 Å². The smallest absolute Gasteiger partial charge is 0.409 e. The van der Waals surface area contributed by atoms with Crippen molar-refractivity contribution in [1.29, 1.82) is 0 Å². The molecule has 260 valence electrons. The Kier molecular flexibility index (Phi) is 12.1. The highest BCUT2D eigenvalue weighted by Gasteiger charge is 2.46. The summed E-state index contributed by atoms with van der Waals surface area (Å²) in [6.45, 7) is 16.9. The molecule has 0 aromatic heterocycles. The maximum Gasteiger partial charge on any atom is 0.409 e. The van der Waals surface area contributed by atoms with Gasteiger partial charge in [-0.2, -0.15) is 0 Å². The van der Waals surface area contributed by atoms with E-state index in [2.05, 4.69) is 16.0 Å². The first-order chi connectivity index (χ1) is 21.3. The van der Waals surface area contributed by atoms with Gasteiger partial charge in [-0.05, 0) is 47.8 Å². The predicted octanol–water partition coefficient (Wildman–Crippen LogP) is 2.56. The maximum atomic E-state index is 14.3. The van der Waals surface area contributed by atoms with Crippen molar-refractivity contribution in [2.24, 2.45) is 34.3 Å². The second-order valence-corrected chi connectivity index (χ2v) is 15.8. The number of carbonyl (C=O) groups is 6. The summed E-state index contributed by atoms with van der Waals surface area (Å²) >= 11 is 0. The number of hydrogen-bond acceptors (Lipinski definition) is 7. The maximum absolute atomic E-state index is 14.3. The second kappa shape index (κ2) is 15.0.